The average Bonchev–Trinajstić information content (AvgIpc) is 3.53. The summed E-state index contributed by atoms with van der Waals surface area (Å²) < 4.78 is 48.8. The number of nitrogens with one attached hydrogen (secondary N) is 1. The van der Waals surface area contributed by atoms with Crippen LogP contribution >= 0.6 is 11.8 Å². The van der Waals surface area contributed by atoms with Crippen LogP contribution in [0.25, 0.3) is 0 Å². The zero-order valence-electron chi connectivity index (χ0n) is 25.8. The number of ether oxygens (including phenoxy) is 3. The topological polar surface area (TPSA) is 169 Å². The lowest BCUT2D eigenvalue weighted by molar-refractivity contribution is 0.0697. The fourth-order valence-corrected chi connectivity index (χ4v) is 5.71. The van der Waals surface area contributed by atoms with Crippen LogP contribution in [0.5, 0.6) is 28.9 Å². The van der Waals surface area contributed by atoms with Gasteiger partial charge in [-0.2, -0.15) is 9.65 Å². The molecule has 1 fully saturated rings. The quantitative estimate of drug-likeness (QED) is 0.136. The lowest BCUT2D eigenvalue weighted by Crippen LogP contribution is -2.24. The van der Waals surface area contributed by atoms with Gasteiger partial charge in [0.2, 0.25) is 11.6 Å². The second-order valence-corrected chi connectivity index (χ2v) is 11.7. The molecule has 2 aromatic heterocycles. The van der Waals surface area contributed by atoms with E-state index in [1.807, 2.05) is 48.3 Å². The molecule has 1 aliphatic rings. The van der Waals surface area contributed by atoms with E-state index < -0.39 is 29.2 Å². The number of nitrogens with two attached hydrogens (primary N) is 1. The molecule has 6 rings (SSSR count). The van der Waals surface area contributed by atoms with Crippen LogP contribution in [0.2, 0.25) is 0 Å². The molecule has 0 radical (unpaired) electrons. The summed E-state index contributed by atoms with van der Waals surface area (Å²) >= 11 is 1.12. The number of halogens is 2. The number of benzene rings is 3. The van der Waals surface area contributed by atoms with Crippen LogP contribution in [0.1, 0.15) is 33.2 Å². The molecule has 15 heteroatoms. The van der Waals surface area contributed by atoms with Crippen molar-refractivity contribution in [3.63, 3.8) is 0 Å². The van der Waals surface area contributed by atoms with Gasteiger partial charge in [0.15, 0.2) is 22.5 Å². The molecular formula is C34H27F2N7O5S. The molecule has 1 unspecified atom stereocenters. The maximum absolute atomic E-state index is 16.0. The number of hydrogen-bond donors (Lipinski definition) is 3. The van der Waals surface area contributed by atoms with Crippen molar-refractivity contribution < 1.29 is 32.9 Å². The zero-order chi connectivity index (χ0) is 34.5. The first-order valence-corrected chi connectivity index (χ1v) is 15.5. The third-order valence-electron chi connectivity index (χ3n) is 7.38. The number of anilines is 1. The van der Waals surface area contributed by atoms with Gasteiger partial charge in [0.25, 0.3) is 5.88 Å². The van der Waals surface area contributed by atoms with E-state index in [0.717, 1.165) is 29.7 Å². The number of pyridine rings is 1. The highest BCUT2D eigenvalue weighted by Gasteiger charge is 2.28. The van der Waals surface area contributed by atoms with Gasteiger partial charge in [0.1, 0.15) is 23.7 Å². The fraction of sp³-hybridized carbons (Fsp3) is 0.147. The summed E-state index contributed by atoms with van der Waals surface area (Å²) in [5.41, 5.74) is 7.22. The van der Waals surface area contributed by atoms with Crippen LogP contribution in [0, 0.1) is 23.0 Å². The van der Waals surface area contributed by atoms with Gasteiger partial charge >= 0.3 is 5.97 Å². The van der Waals surface area contributed by atoms with Gasteiger partial charge in [-0.1, -0.05) is 30.3 Å². The molecule has 3 aromatic carbocycles. The minimum absolute atomic E-state index is 0.00275. The maximum Gasteiger partial charge on any atom is 0.341 e. The largest absolute Gasteiger partial charge is 0.485 e. The first-order chi connectivity index (χ1) is 23.7. The summed E-state index contributed by atoms with van der Waals surface area (Å²) in [6.07, 6.45) is 1.53. The second-order valence-electron chi connectivity index (χ2n) is 10.7. The van der Waals surface area contributed by atoms with Crippen molar-refractivity contribution in [1.29, 1.82) is 5.26 Å². The van der Waals surface area contributed by atoms with Crippen LogP contribution in [0.15, 0.2) is 89.2 Å². The zero-order valence-corrected chi connectivity index (χ0v) is 26.6. The van der Waals surface area contributed by atoms with Crippen molar-refractivity contribution in [1.82, 2.24) is 25.2 Å². The smallest absolute Gasteiger partial charge is 0.341 e. The Hall–Kier alpha value is -5.82. The number of carboxylic acids is 1. The normalized spacial score (nSPS) is 14.3. The molecule has 49 heavy (non-hydrogen) atoms. The standard InChI is InChI=1S/C34H27F2N7O5S/c1-43-12-11-39-31(43)22-14-21(49-34-41-16-23(33(44)45)30(38)42-34)8-10-25(22)47-29-24(35)17-40-32(28(29)36)48-27-13-20(15-37)7-9-26(27)46-18-19-5-3-2-4-6-19/h2-10,13-14,16-17,31,39H,11-12,18H2,1H3,(H,44,45)(H2,38,41,42). The van der Waals surface area contributed by atoms with Crippen LogP contribution in [-0.4, -0.2) is 51.1 Å². The van der Waals surface area contributed by atoms with Crippen LogP contribution in [0.4, 0.5) is 14.6 Å². The molecule has 0 amide bonds. The SMILES string of the molecule is CN1CCNC1c1cc(Sc2ncc(C(=O)O)c(N)n2)ccc1Oc1c(F)cnc(Oc2cc(C#N)ccc2OCc2ccccc2)c1F. The minimum Gasteiger partial charge on any atom is -0.485 e. The minimum atomic E-state index is -1.25. The summed E-state index contributed by atoms with van der Waals surface area (Å²) in [6, 6.07) is 20.7. The number of aromatic nitrogens is 3. The van der Waals surface area contributed by atoms with Crippen molar-refractivity contribution in [2.75, 3.05) is 25.9 Å². The number of carbonyl (C=O) groups is 1. The summed E-state index contributed by atoms with van der Waals surface area (Å²) in [5, 5.41) is 22.2. The Kier molecular flexibility index (Phi) is 9.81. The number of hydrogen-bond acceptors (Lipinski definition) is 12. The number of carboxylic acid groups (broad SMARTS) is 1. The first-order valence-electron chi connectivity index (χ1n) is 14.7. The Balaban J connectivity index is 1.30. The number of nitrogen functional groups attached to an aromatic ring is 1. The second kappa shape index (κ2) is 14.5. The van der Waals surface area contributed by atoms with Gasteiger partial charge in [-0.3, -0.25) is 10.2 Å². The number of nitriles is 1. The predicted octanol–water partition coefficient (Wildman–Crippen LogP) is 6.15. The van der Waals surface area contributed by atoms with E-state index in [9.17, 15) is 15.2 Å². The highest BCUT2D eigenvalue weighted by atomic mass is 32.2. The maximum atomic E-state index is 16.0. The molecule has 4 N–H and O–H groups in total. The number of nitrogens with zero attached hydrogens (tertiary/aromatic N) is 5. The number of rotatable bonds is 11. The van der Waals surface area contributed by atoms with E-state index in [4.69, 9.17) is 19.9 Å². The van der Waals surface area contributed by atoms with Crippen molar-refractivity contribution in [3.05, 3.63) is 113 Å². The first kappa shape index (κ1) is 33.1. The Morgan fingerprint density at radius 3 is 2.59 bits per heavy atom. The number of likely N-dealkylation sites (N-methyl/N-ethyl adjacent to an activating group) is 1. The average molecular weight is 684 g/mol. The third-order valence-corrected chi connectivity index (χ3v) is 8.25. The molecule has 1 aliphatic heterocycles. The molecule has 12 nitrogen and oxygen atoms in total. The van der Waals surface area contributed by atoms with Crippen LogP contribution in [-0.2, 0) is 6.61 Å². The predicted molar refractivity (Wildman–Crippen MR) is 174 cm³/mol. The molecule has 0 bridgehead atoms. The van der Waals surface area contributed by atoms with Crippen LogP contribution < -0.4 is 25.3 Å². The van der Waals surface area contributed by atoms with Gasteiger partial charge in [0, 0.05) is 35.8 Å². The van der Waals surface area contributed by atoms with Gasteiger partial charge in [-0.25, -0.2) is 24.1 Å². The molecule has 3 heterocycles. The van der Waals surface area contributed by atoms with Crippen molar-refractivity contribution in [2.24, 2.45) is 0 Å². The summed E-state index contributed by atoms with van der Waals surface area (Å²) in [4.78, 5) is 25.9. The highest BCUT2D eigenvalue weighted by molar-refractivity contribution is 7.99. The fourth-order valence-electron chi connectivity index (χ4n) is 4.93. The van der Waals surface area contributed by atoms with Gasteiger partial charge in [-0.05, 0) is 54.7 Å². The summed E-state index contributed by atoms with van der Waals surface area (Å²) in [6.45, 7) is 1.52. The molecule has 0 aliphatic carbocycles. The van der Waals surface area contributed by atoms with Crippen molar-refractivity contribution >= 4 is 23.5 Å². The van der Waals surface area contributed by atoms with Crippen molar-refractivity contribution in [3.8, 4) is 34.9 Å². The van der Waals surface area contributed by atoms with Crippen LogP contribution in [0.3, 0.4) is 0 Å². The Morgan fingerprint density at radius 1 is 1.08 bits per heavy atom. The lowest BCUT2D eigenvalue weighted by Gasteiger charge is -2.23. The number of aromatic carboxylic acids is 1. The molecule has 0 spiro atoms. The monoisotopic (exact) mass is 683 g/mol. The highest BCUT2D eigenvalue weighted by Crippen LogP contribution is 2.41. The third kappa shape index (κ3) is 7.52. The van der Waals surface area contributed by atoms with Gasteiger partial charge in [0.05, 0.1) is 24.0 Å². The lowest BCUT2D eigenvalue weighted by atomic mass is 10.1. The molecular weight excluding hydrogens is 656 g/mol. The molecule has 248 valence electrons. The van der Waals surface area contributed by atoms with E-state index in [-0.39, 0.29) is 52.1 Å². The van der Waals surface area contributed by atoms with E-state index in [0.29, 0.717) is 23.5 Å². The molecule has 5 aromatic rings. The Bertz CT molecular complexity index is 2070. The molecule has 1 saturated heterocycles. The van der Waals surface area contributed by atoms with Crippen molar-refractivity contribution in [2.45, 2.75) is 22.8 Å². The Labute approximate surface area is 283 Å². The Morgan fingerprint density at radius 2 is 1.88 bits per heavy atom. The summed E-state index contributed by atoms with van der Waals surface area (Å²) in [5.74, 6) is -4.71. The van der Waals surface area contributed by atoms with Gasteiger partial charge < -0.3 is 25.1 Å². The van der Waals surface area contributed by atoms with E-state index >= 15 is 8.78 Å². The summed E-state index contributed by atoms with van der Waals surface area (Å²) in [7, 11) is 1.88. The van der Waals surface area contributed by atoms with Gasteiger partial charge in [-0.15, -0.1) is 0 Å². The molecule has 1 atom stereocenters. The van der Waals surface area contributed by atoms with E-state index in [2.05, 4.69) is 20.3 Å². The van der Waals surface area contributed by atoms with E-state index in [1.54, 1.807) is 18.2 Å². The van der Waals surface area contributed by atoms with E-state index in [1.165, 1.54) is 18.2 Å². The molecule has 0 saturated carbocycles.